The highest BCUT2D eigenvalue weighted by Crippen LogP contribution is 2.13. The summed E-state index contributed by atoms with van der Waals surface area (Å²) in [5.41, 5.74) is 1.52. The van der Waals surface area contributed by atoms with Gasteiger partial charge >= 0.3 is 0 Å². The number of nitrogens with zero attached hydrogens (tertiary/aromatic N) is 4. The van der Waals surface area contributed by atoms with Crippen LogP contribution in [0.1, 0.15) is 5.56 Å². The molecule has 0 spiro atoms. The van der Waals surface area contributed by atoms with Crippen molar-refractivity contribution in [2.45, 2.75) is 11.4 Å². The lowest BCUT2D eigenvalue weighted by Crippen LogP contribution is -2.12. The molecule has 3 aromatic rings. The van der Waals surface area contributed by atoms with Gasteiger partial charge in [-0.15, -0.1) is 10.2 Å². The molecule has 0 unspecified atom stereocenters. The first-order chi connectivity index (χ1) is 10.0. The third-order valence-corrected chi connectivity index (χ3v) is 3.86. The molecule has 108 valence electrons. The van der Waals surface area contributed by atoms with Gasteiger partial charge in [0.05, 0.1) is 4.90 Å². The summed E-state index contributed by atoms with van der Waals surface area (Å²) in [4.78, 5) is 4.29. The minimum atomic E-state index is -3.66. The van der Waals surface area contributed by atoms with Crippen molar-refractivity contribution in [2.24, 2.45) is 5.14 Å². The number of fused-ring (bicyclic) bond motifs is 1. The van der Waals surface area contributed by atoms with E-state index in [1.54, 1.807) is 35.3 Å². The fraction of sp³-hybridized carbons (Fsp3) is 0.0833. The van der Waals surface area contributed by atoms with Crippen LogP contribution in [0, 0.1) is 0 Å². The van der Waals surface area contributed by atoms with Gasteiger partial charge in [-0.1, -0.05) is 12.1 Å². The van der Waals surface area contributed by atoms with Crippen LogP contribution in [-0.4, -0.2) is 28.0 Å². The predicted molar refractivity (Wildman–Crippen MR) is 75.9 cm³/mol. The largest absolute Gasteiger partial charge is 0.363 e. The van der Waals surface area contributed by atoms with Crippen molar-refractivity contribution in [3.8, 4) is 0 Å². The summed E-state index contributed by atoms with van der Waals surface area (Å²) in [6.45, 7) is 0.477. The highest BCUT2D eigenvalue weighted by atomic mass is 32.2. The molecule has 0 bridgehead atoms. The Labute approximate surface area is 120 Å². The Balaban J connectivity index is 1.77. The lowest BCUT2D eigenvalue weighted by atomic mass is 10.2. The van der Waals surface area contributed by atoms with Gasteiger partial charge in [-0.05, 0) is 17.7 Å². The van der Waals surface area contributed by atoms with Crippen molar-refractivity contribution in [3.63, 3.8) is 0 Å². The topological polar surface area (TPSA) is 115 Å². The number of hydrogen-bond acceptors (Lipinski definition) is 6. The zero-order valence-electron chi connectivity index (χ0n) is 10.8. The first-order valence-electron chi connectivity index (χ1n) is 6.04. The molecular formula is C12H12N6O2S. The molecule has 0 radical (unpaired) electrons. The Kier molecular flexibility index (Phi) is 3.28. The van der Waals surface area contributed by atoms with Crippen LogP contribution in [0.4, 0.5) is 5.82 Å². The molecule has 0 saturated carbocycles. The van der Waals surface area contributed by atoms with E-state index in [2.05, 4.69) is 20.5 Å². The smallest absolute Gasteiger partial charge is 0.238 e. The predicted octanol–water partition coefficient (Wildman–Crippen LogP) is 0.384. The van der Waals surface area contributed by atoms with E-state index in [1.165, 1.54) is 12.1 Å². The first kappa shape index (κ1) is 13.5. The lowest BCUT2D eigenvalue weighted by Gasteiger charge is -2.07. The van der Waals surface area contributed by atoms with Crippen molar-refractivity contribution in [1.82, 2.24) is 19.6 Å². The fourth-order valence-corrected chi connectivity index (χ4v) is 2.38. The monoisotopic (exact) mass is 304 g/mol. The van der Waals surface area contributed by atoms with Gasteiger partial charge in [-0.2, -0.15) is 0 Å². The molecule has 9 heteroatoms. The maximum atomic E-state index is 11.2. The van der Waals surface area contributed by atoms with Gasteiger partial charge in [0.15, 0.2) is 5.82 Å². The fourth-order valence-electron chi connectivity index (χ4n) is 1.87. The molecule has 3 rings (SSSR count). The lowest BCUT2D eigenvalue weighted by molar-refractivity contribution is 0.598. The van der Waals surface area contributed by atoms with E-state index in [1.807, 2.05) is 0 Å². The van der Waals surface area contributed by atoms with E-state index in [0.717, 1.165) is 5.56 Å². The highest BCUT2D eigenvalue weighted by Gasteiger charge is 2.07. The molecule has 0 atom stereocenters. The van der Waals surface area contributed by atoms with Crippen LogP contribution in [-0.2, 0) is 16.6 Å². The van der Waals surface area contributed by atoms with Gasteiger partial charge in [0.2, 0.25) is 15.7 Å². The zero-order chi connectivity index (χ0) is 14.9. The van der Waals surface area contributed by atoms with E-state index < -0.39 is 10.0 Å². The van der Waals surface area contributed by atoms with Crippen molar-refractivity contribution < 1.29 is 8.42 Å². The molecule has 0 aliphatic carbocycles. The van der Waals surface area contributed by atoms with E-state index >= 15 is 0 Å². The Bertz CT molecular complexity index is 872. The molecule has 3 N–H and O–H groups in total. The third kappa shape index (κ3) is 2.83. The minimum absolute atomic E-state index is 0.0870. The maximum absolute atomic E-state index is 11.2. The SMILES string of the molecule is NS(=O)(=O)c1ccc(CNc2nccn3cnnc23)cc1. The summed E-state index contributed by atoms with van der Waals surface area (Å²) in [6, 6.07) is 6.32. The second-order valence-electron chi connectivity index (χ2n) is 4.38. The van der Waals surface area contributed by atoms with Crippen molar-refractivity contribution in [3.05, 3.63) is 48.5 Å². The summed E-state index contributed by atoms with van der Waals surface area (Å²) in [5, 5.41) is 16.0. The number of hydrogen-bond donors (Lipinski definition) is 2. The summed E-state index contributed by atoms with van der Waals surface area (Å²) in [6.07, 6.45) is 4.98. The number of primary sulfonamides is 1. The van der Waals surface area contributed by atoms with E-state index in [9.17, 15) is 8.42 Å². The summed E-state index contributed by atoms with van der Waals surface area (Å²) < 4.78 is 24.1. The molecule has 21 heavy (non-hydrogen) atoms. The Hall–Kier alpha value is -2.52. The molecule has 0 aliphatic heterocycles. The van der Waals surface area contributed by atoms with Crippen LogP contribution < -0.4 is 10.5 Å². The normalized spacial score (nSPS) is 11.7. The molecule has 0 saturated heterocycles. The van der Waals surface area contributed by atoms with Crippen molar-refractivity contribution in [1.29, 1.82) is 0 Å². The molecule has 2 heterocycles. The molecule has 1 aromatic carbocycles. The number of nitrogens with two attached hydrogens (primary N) is 1. The van der Waals surface area contributed by atoms with E-state index in [4.69, 9.17) is 5.14 Å². The average Bonchev–Trinajstić information content (AvgIpc) is 2.93. The van der Waals surface area contributed by atoms with Crippen molar-refractivity contribution >= 4 is 21.5 Å². The van der Waals surface area contributed by atoms with Crippen LogP contribution in [0.5, 0.6) is 0 Å². The van der Waals surface area contributed by atoms with Crippen molar-refractivity contribution in [2.75, 3.05) is 5.32 Å². The summed E-state index contributed by atoms with van der Waals surface area (Å²) >= 11 is 0. The molecule has 0 amide bonds. The number of aromatic nitrogens is 4. The molecule has 0 fully saturated rings. The molecule has 2 aromatic heterocycles. The van der Waals surface area contributed by atoms with Gasteiger partial charge in [0.1, 0.15) is 6.33 Å². The number of benzene rings is 1. The summed E-state index contributed by atoms with van der Waals surface area (Å²) in [5.74, 6) is 0.602. The van der Waals surface area contributed by atoms with Gasteiger partial charge in [0, 0.05) is 18.9 Å². The van der Waals surface area contributed by atoms with Crippen LogP contribution >= 0.6 is 0 Å². The van der Waals surface area contributed by atoms with Crippen LogP contribution in [0.2, 0.25) is 0 Å². The van der Waals surface area contributed by atoms with Gasteiger partial charge in [-0.25, -0.2) is 18.5 Å². The van der Waals surface area contributed by atoms with Crippen LogP contribution in [0.3, 0.4) is 0 Å². The number of rotatable bonds is 4. The van der Waals surface area contributed by atoms with E-state index in [-0.39, 0.29) is 4.90 Å². The molecule has 8 nitrogen and oxygen atoms in total. The Morgan fingerprint density at radius 2 is 2.00 bits per heavy atom. The Morgan fingerprint density at radius 3 is 2.71 bits per heavy atom. The highest BCUT2D eigenvalue weighted by molar-refractivity contribution is 7.89. The second kappa shape index (κ2) is 5.11. The number of nitrogens with one attached hydrogen (secondary N) is 1. The van der Waals surface area contributed by atoms with Gasteiger partial charge in [-0.3, -0.25) is 4.40 Å². The zero-order valence-corrected chi connectivity index (χ0v) is 11.7. The quantitative estimate of drug-likeness (QED) is 0.720. The second-order valence-corrected chi connectivity index (χ2v) is 5.94. The number of anilines is 1. The number of sulfonamides is 1. The Morgan fingerprint density at radius 1 is 1.24 bits per heavy atom. The first-order valence-corrected chi connectivity index (χ1v) is 7.58. The van der Waals surface area contributed by atoms with Gasteiger partial charge in [0.25, 0.3) is 0 Å². The minimum Gasteiger partial charge on any atom is -0.363 e. The van der Waals surface area contributed by atoms with Crippen LogP contribution in [0.25, 0.3) is 5.65 Å². The maximum Gasteiger partial charge on any atom is 0.238 e. The van der Waals surface area contributed by atoms with E-state index in [0.29, 0.717) is 18.0 Å². The summed E-state index contributed by atoms with van der Waals surface area (Å²) in [7, 11) is -3.66. The molecule has 0 aliphatic rings. The van der Waals surface area contributed by atoms with Gasteiger partial charge < -0.3 is 5.32 Å². The average molecular weight is 304 g/mol. The molecular weight excluding hydrogens is 292 g/mol. The van der Waals surface area contributed by atoms with Crippen LogP contribution in [0.15, 0.2) is 47.9 Å². The third-order valence-electron chi connectivity index (χ3n) is 2.93. The standard InChI is InChI=1S/C12H12N6O2S/c13-21(19,20)10-3-1-9(2-4-10)7-15-11-12-17-16-8-18(12)6-5-14-11/h1-6,8H,7H2,(H,14,15)(H2,13,19,20).